The van der Waals surface area contributed by atoms with Gasteiger partial charge in [-0.15, -0.1) is 0 Å². The molecule has 0 saturated heterocycles. The van der Waals surface area contributed by atoms with Crippen molar-refractivity contribution in [2.75, 3.05) is 0 Å². The zero-order valence-corrected chi connectivity index (χ0v) is 9.82. The number of hydrogen-bond acceptors (Lipinski definition) is 3. The highest BCUT2D eigenvalue weighted by atomic mass is 16.5. The Morgan fingerprint density at radius 3 is 2.69 bits per heavy atom. The minimum absolute atomic E-state index is 0.114. The van der Waals surface area contributed by atoms with Crippen LogP contribution < -0.4 is 5.32 Å². The molecule has 0 unspecified atom stereocenters. The van der Waals surface area contributed by atoms with Crippen molar-refractivity contribution in [2.45, 2.75) is 45.6 Å². The molecular formula is C12H18N2O2. The zero-order chi connectivity index (χ0) is 11.5. The van der Waals surface area contributed by atoms with Gasteiger partial charge in [-0.05, 0) is 38.5 Å². The molecular weight excluding hydrogens is 204 g/mol. The standard InChI is InChI=1S/C12H18N2O2/c1-8-3-5-10(6-4-8)13-12(15)11-7-9(2)16-14-11/h7-8,10H,3-6H2,1-2H3,(H,13,15). The molecule has 0 aliphatic heterocycles. The van der Waals surface area contributed by atoms with Crippen LogP contribution in [0.3, 0.4) is 0 Å². The molecule has 1 heterocycles. The van der Waals surface area contributed by atoms with Crippen molar-refractivity contribution in [3.63, 3.8) is 0 Å². The maximum atomic E-state index is 11.8. The number of nitrogens with one attached hydrogen (secondary N) is 1. The van der Waals surface area contributed by atoms with Gasteiger partial charge < -0.3 is 9.84 Å². The Morgan fingerprint density at radius 1 is 1.44 bits per heavy atom. The fourth-order valence-corrected chi connectivity index (χ4v) is 2.14. The second kappa shape index (κ2) is 4.68. The van der Waals surface area contributed by atoms with E-state index in [2.05, 4.69) is 17.4 Å². The van der Waals surface area contributed by atoms with Crippen molar-refractivity contribution in [3.8, 4) is 0 Å². The summed E-state index contributed by atoms with van der Waals surface area (Å²) >= 11 is 0. The summed E-state index contributed by atoms with van der Waals surface area (Å²) in [4.78, 5) is 11.8. The number of carbonyl (C=O) groups is 1. The molecule has 1 aliphatic carbocycles. The average molecular weight is 222 g/mol. The van der Waals surface area contributed by atoms with Crippen LogP contribution >= 0.6 is 0 Å². The highest BCUT2D eigenvalue weighted by Crippen LogP contribution is 2.23. The van der Waals surface area contributed by atoms with Crippen molar-refractivity contribution in [3.05, 3.63) is 17.5 Å². The summed E-state index contributed by atoms with van der Waals surface area (Å²) < 4.78 is 4.88. The topological polar surface area (TPSA) is 55.1 Å². The number of aromatic nitrogens is 1. The number of amides is 1. The largest absolute Gasteiger partial charge is 0.361 e. The maximum Gasteiger partial charge on any atom is 0.273 e. The molecule has 0 aromatic carbocycles. The first-order valence-corrected chi connectivity index (χ1v) is 5.89. The molecule has 1 amide bonds. The lowest BCUT2D eigenvalue weighted by molar-refractivity contribution is 0.0914. The fourth-order valence-electron chi connectivity index (χ4n) is 2.14. The minimum atomic E-state index is -0.114. The Balaban J connectivity index is 1.88. The number of hydrogen-bond donors (Lipinski definition) is 1. The lowest BCUT2D eigenvalue weighted by Crippen LogP contribution is -2.37. The summed E-state index contributed by atoms with van der Waals surface area (Å²) in [6.45, 7) is 4.05. The summed E-state index contributed by atoms with van der Waals surface area (Å²) in [7, 11) is 0. The second-order valence-corrected chi connectivity index (χ2v) is 4.75. The predicted molar refractivity (Wildman–Crippen MR) is 60.1 cm³/mol. The second-order valence-electron chi connectivity index (χ2n) is 4.75. The van der Waals surface area contributed by atoms with Crippen LogP contribution in [0, 0.1) is 12.8 Å². The molecule has 16 heavy (non-hydrogen) atoms. The first-order valence-electron chi connectivity index (χ1n) is 5.89. The van der Waals surface area contributed by atoms with Gasteiger partial charge in [0, 0.05) is 12.1 Å². The molecule has 2 rings (SSSR count). The molecule has 1 aromatic heterocycles. The number of carbonyl (C=O) groups excluding carboxylic acids is 1. The summed E-state index contributed by atoms with van der Waals surface area (Å²) in [5, 5.41) is 6.72. The van der Waals surface area contributed by atoms with Crippen LogP contribution in [0.5, 0.6) is 0 Å². The number of nitrogens with zero attached hydrogens (tertiary/aromatic N) is 1. The molecule has 0 spiro atoms. The predicted octanol–water partition coefficient (Wildman–Crippen LogP) is 2.29. The summed E-state index contributed by atoms with van der Waals surface area (Å²) in [6.07, 6.45) is 4.54. The molecule has 1 aromatic rings. The van der Waals surface area contributed by atoms with Crippen LogP contribution in [-0.4, -0.2) is 17.1 Å². The maximum absolute atomic E-state index is 11.8. The Morgan fingerprint density at radius 2 is 2.12 bits per heavy atom. The van der Waals surface area contributed by atoms with Crippen LogP contribution in [0.15, 0.2) is 10.6 Å². The molecule has 0 atom stereocenters. The number of aryl methyl sites for hydroxylation is 1. The van der Waals surface area contributed by atoms with E-state index in [1.165, 1.54) is 12.8 Å². The molecule has 1 saturated carbocycles. The molecule has 1 fully saturated rings. The Hall–Kier alpha value is -1.32. The molecule has 88 valence electrons. The Bertz CT molecular complexity index is 365. The Kier molecular flexibility index (Phi) is 3.27. The van der Waals surface area contributed by atoms with E-state index in [1.54, 1.807) is 13.0 Å². The minimum Gasteiger partial charge on any atom is -0.361 e. The lowest BCUT2D eigenvalue weighted by Gasteiger charge is -2.26. The normalized spacial score (nSPS) is 25.4. The third kappa shape index (κ3) is 2.62. The SMILES string of the molecule is Cc1cc(C(=O)NC2CCC(C)CC2)no1. The molecule has 0 bridgehead atoms. The van der Waals surface area contributed by atoms with Gasteiger partial charge in [-0.2, -0.15) is 0 Å². The van der Waals surface area contributed by atoms with Gasteiger partial charge in [0.2, 0.25) is 0 Å². The van der Waals surface area contributed by atoms with Crippen molar-refractivity contribution in [1.29, 1.82) is 0 Å². The van der Waals surface area contributed by atoms with Crippen LogP contribution in [0.1, 0.15) is 48.9 Å². The van der Waals surface area contributed by atoms with Crippen molar-refractivity contribution < 1.29 is 9.32 Å². The van der Waals surface area contributed by atoms with Gasteiger partial charge in [-0.3, -0.25) is 4.79 Å². The van der Waals surface area contributed by atoms with E-state index in [0.29, 0.717) is 17.5 Å². The average Bonchev–Trinajstić information content (AvgIpc) is 2.68. The smallest absolute Gasteiger partial charge is 0.273 e. The van der Waals surface area contributed by atoms with E-state index in [4.69, 9.17) is 4.52 Å². The van der Waals surface area contributed by atoms with Gasteiger partial charge in [0.05, 0.1) is 0 Å². The highest BCUT2D eigenvalue weighted by molar-refractivity contribution is 5.92. The third-order valence-corrected chi connectivity index (χ3v) is 3.21. The van der Waals surface area contributed by atoms with Gasteiger partial charge >= 0.3 is 0 Å². The quantitative estimate of drug-likeness (QED) is 0.835. The van der Waals surface area contributed by atoms with Crippen LogP contribution in [0.25, 0.3) is 0 Å². The molecule has 0 radical (unpaired) electrons. The van der Waals surface area contributed by atoms with E-state index in [9.17, 15) is 4.79 Å². The van der Waals surface area contributed by atoms with Gasteiger partial charge in [-0.1, -0.05) is 12.1 Å². The molecule has 4 nitrogen and oxygen atoms in total. The van der Waals surface area contributed by atoms with Crippen molar-refractivity contribution >= 4 is 5.91 Å². The monoisotopic (exact) mass is 222 g/mol. The van der Waals surface area contributed by atoms with Crippen LogP contribution in [0.4, 0.5) is 0 Å². The Labute approximate surface area is 95.4 Å². The van der Waals surface area contributed by atoms with E-state index < -0.39 is 0 Å². The van der Waals surface area contributed by atoms with Gasteiger partial charge in [-0.25, -0.2) is 0 Å². The van der Waals surface area contributed by atoms with E-state index in [1.807, 2.05) is 0 Å². The first-order chi connectivity index (χ1) is 7.65. The van der Waals surface area contributed by atoms with Crippen molar-refractivity contribution in [1.82, 2.24) is 10.5 Å². The lowest BCUT2D eigenvalue weighted by atomic mass is 9.87. The third-order valence-electron chi connectivity index (χ3n) is 3.21. The van der Waals surface area contributed by atoms with Gasteiger partial charge in [0.15, 0.2) is 5.69 Å². The van der Waals surface area contributed by atoms with Crippen LogP contribution in [-0.2, 0) is 0 Å². The van der Waals surface area contributed by atoms with Crippen molar-refractivity contribution in [2.24, 2.45) is 5.92 Å². The first kappa shape index (κ1) is 11.2. The molecule has 1 aliphatic rings. The van der Waals surface area contributed by atoms with Gasteiger partial charge in [0.1, 0.15) is 5.76 Å². The fraction of sp³-hybridized carbons (Fsp3) is 0.667. The summed E-state index contributed by atoms with van der Waals surface area (Å²) in [5.41, 5.74) is 0.385. The summed E-state index contributed by atoms with van der Waals surface area (Å²) in [5.74, 6) is 1.35. The van der Waals surface area contributed by atoms with Crippen LogP contribution in [0.2, 0.25) is 0 Å². The highest BCUT2D eigenvalue weighted by Gasteiger charge is 2.21. The van der Waals surface area contributed by atoms with E-state index in [0.717, 1.165) is 18.8 Å². The molecule has 1 N–H and O–H groups in total. The zero-order valence-electron chi connectivity index (χ0n) is 9.82. The van der Waals surface area contributed by atoms with Gasteiger partial charge in [0.25, 0.3) is 5.91 Å². The molecule has 4 heteroatoms. The number of rotatable bonds is 2. The van der Waals surface area contributed by atoms with E-state index in [-0.39, 0.29) is 5.91 Å². The van der Waals surface area contributed by atoms with E-state index >= 15 is 0 Å². The summed E-state index contributed by atoms with van der Waals surface area (Å²) in [6, 6.07) is 1.97.